The zero-order valence-electron chi connectivity index (χ0n) is 23.8. The van der Waals surface area contributed by atoms with Gasteiger partial charge in [-0.1, -0.05) is 30.3 Å². The van der Waals surface area contributed by atoms with E-state index < -0.39 is 11.6 Å². The van der Waals surface area contributed by atoms with Crippen LogP contribution in [0.4, 0.5) is 10.6 Å². The summed E-state index contributed by atoms with van der Waals surface area (Å²) in [6.07, 6.45) is 1.77. The van der Waals surface area contributed by atoms with Gasteiger partial charge >= 0.3 is 6.09 Å². The fourth-order valence-electron chi connectivity index (χ4n) is 5.69. The number of amides is 3. The Morgan fingerprint density at radius 2 is 1.95 bits per heavy atom. The normalized spacial score (nSPS) is 18.2. The van der Waals surface area contributed by atoms with Gasteiger partial charge in [-0.25, -0.2) is 14.8 Å². The van der Waals surface area contributed by atoms with Crippen LogP contribution >= 0.6 is 11.3 Å². The number of benzene rings is 1. The van der Waals surface area contributed by atoms with Crippen LogP contribution in [0.1, 0.15) is 71.3 Å². The Morgan fingerprint density at radius 1 is 1.14 bits per heavy atom. The molecule has 43 heavy (non-hydrogen) atoms. The summed E-state index contributed by atoms with van der Waals surface area (Å²) < 4.78 is 6.09. The summed E-state index contributed by atoms with van der Waals surface area (Å²) in [5.74, 6) is 0.133. The number of thiazole rings is 1. The van der Waals surface area contributed by atoms with Crippen LogP contribution in [0.15, 0.2) is 52.3 Å². The maximum atomic E-state index is 14.0. The largest absolute Gasteiger partial charge is 0.465 e. The van der Waals surface area contributed by atoms with Crippen LogP contribution in [0.25, 0.3) is 11.5 Å². The second-order valence-electron chi connectivity index (χ2n) is 11.1. The van der Waals surface area contributed by atoms with Gasteiger partial charge in [0.2, 0.25) is 17.7 Å². The highest BCUT2D eigenvalue weighted by Gasteiger charge is 2.37. The number of pyridine rings is 1. The molecule has 4 aromatic rings. The highest BCUT2D eigenvalue weighted by atomic mass is 32.1. The molecule has 1 aromatic carbocycles. The Bertz CT molecular complexity index is 1670. The molecule has 0 spiro atoms. The predicted octanol–water partition coefficient (Wildman–Crippen LogP) is 4.73. The van der Waals surface area contributed by atoms with E-state index in [-0.39, 0.29) is 41.8 Å². The fraction of sp³-hybridized carbons (Fsp3) is 0.367. The first kappa shape index (κ1) is 28.5. The van der Waals surface area contributed by atoms with Crippen molar-refractivity contribution in [3.8, 4) is 11.5 Å². The molecule has 2 N–H and O–H groups in total. The highest BCUT2D eigenvalue weighted by molar-refractivity contribution is 7.09. The zero-order valence-corrected chi connectivity index (χ0v) is 24.6. The lowest BCUT2D eigenvalue weighted by molar-refractivity contribution is -0.117. The van der Waals surface area contributed by atoms with E-state index in [4.69, 9.17) is 4.42 Å². The van der Waals surface area contributed by atoms with Gasteiger partial charge in [-0.05, 0) is 50.8 Å². The molecule has 3 aromatic heterocycles. The van der Waals surface area contributed by atoms with Gasteiger partial charge < -0.3 is 19.7 Å². The molecular formula is C30H31N7O5S. The lowest BCUT2D eigenvalue weighted by atomic mass is 9.93. The highest BCUT2D eigenvalue weighted by Crippen LogP contribution is 2.36. The SMILES string of the molecule is Cc1csc([C@H]2CCCN2C(=O)c2cc(-c3nnc([C@@](C)(Cc4ccccc4)NC(=O)O)o3)cc(N3CCCC3=O)n2)n1. The van der Waals surface area contributed by atoms with Crippen LogP contribution in [0.2, 0.25) is 0 Å². The molecule has 0 aliphatic carbocycles. The summed E-state index contributed by atoms with van der Waals surface area (Å²) >= 11 is 1.54. The number of aromatic nitrogens is 4. The van der Waals surface area contributed by atoms with E-state index in [9.17, 15) is 19.5 Å². The van der Waals surface area contributed by atoms with Crippen molar-refractivity contribution in [2.45, 2.75) is 57.5 Å². The van der Waals surface area contributed by atoms with E-state index in [1.165, 1.54) is 11.3 Å². The smallest absolute Gasteiger partial charge is 0.405 e. The number of carboxylic acid groups (broad SMARTS) is 1. The van der Waals surface area contributed by atoms with Crippen molar-refractivity contribution in [2.75, 3.05) is 18.0 Å². The standard InChI is InChI=1S/C30H31N7O5S/c1-18-17-43-26(31-18)22-10-6-12-36(22)27(39)21-14-20(15-23(32-21)37-13-7-11-24(37)38)25-34-35-28(42-25)30(2,33-29(40)41)16-19-8-4-3-5-9-19/h3-5,8-9,14-15,17,22,33H,6-7,10-13,16H2,1-2H3,(H,40,41)/t22-,30-/m1/s1. The van der Waals surface area contributed by atoms with Crippen molar-refractivity contribution in [3.63, 3.8) is 0 Å². The van der Waals surface area contributed by atoms with E-state index in [0.717, 1.165) is 29.1 Å². The van der Waals surface area contributed by atoms with E-state index in [1.807, 2.05) is 42.6 Å². The van der Waals surface area contributed by atoms with Gasteiger partial charge in [0.1, 0.15) is 22.1 Å². The van der Waals surface area contributed by atoms with Crippen LogP contribution in [0.5, 0.6) is 0 Å². The van der Waals surface area contributed by atoms with Gasteiger partial charge in [-0.3, -0.25) is 14.5 Å². The van der Waals surface area contributed by atoms with E-state index in [1.54, 1.807) is 28.9 Å². The Kier molecular flexibility index (Phi) is 7.65. The van der Waals surface area contributed by atoms with Crippen molar-refractivity contribution in [3.05, 3.63) is 75.7 Å². The average Bonchev–Trinajstić information content (AvgIpc) is 3.80. The molecule has 2 aliphatic rings. The van der Waals surface area contributed by atoms with Crippen LogP contribution in [0.3, 0.4) is 0 Å². The number of hydrogen-bond acceptors (Lipinski definition) is 9. The lowest BCUT2D eigenvalue weighted by Gasteiger charge is -2.25. The number of likely N-dealkylation sites (tertiary alicyclic amines) is 1. The number of nitrogens with one attached hydrogen (secondary N) is 1. The lowest BCUT2D eigenvalue weighted by Crippen LogP contribution is -2.44. The van der Waals surface area contributed by atoms with Crippen LogP contribution in [-0.2, 0) is 16.8 Å². The number of rotatable bonds is 8. The van der Waals surface area contributed by atoms with Gasteiger partial charge in [-0.2, -0.15) is 0 Å². The summed E-state index contributed by atoms with van der Waals surface area (Å²) in [7, 11) is 0. The van der Waals surface area contributed by atoms with E-state index >= 15 is 0 Å². The van der Waals surface area contributed by atoms with Crippen molar-refractivity contribution in [2.24, 2.45) is 0 Å². The van der Waals surface area contributed by atoms with Crippen molar-refractivity contribution >= 4 is 35.1 Å². The summed E-state index contributed by atoms with van der Waals surface area (Å²) in [6, 6.07) is 12.5. The third kappa shape index (κ3) is 5.85. The van der Waals surface area contributed by atoms with E-state index in [0.29, 0.717) is 37.3 Å². The molecule has 3 amide bonds. The molecule has 2 fully saturated rings. The first-order valence-corrected chi connectivity index (χ1v) is 15.0. The molecular weight excluding hydrogens is 570 g/mol. The second-order valence-corrected chi connectivity index (χ2v) is 12.0. The number of carbonyl (C=O) groups excluding carboxylic acids is 2. The van der Waals surface area contributed by atoms with Gasteiger partial charge in [0.05, 0.1) is 6.04 Å². The predicted molar refractivity (Wildman–Crippen MR) is 158 cm³/mol. The summed E-state index contributed by atoms with van der Waals surface area (Å²) in [4.78, 5) is 51.0. The molecule has 12 nitrogen and oxygen atoms in total. The molecule has 13 heteroatoms. The van der Waals surface area contributed by atoms with E-state index in [2.05, 4.69) is 25.5 Å². The molecule has 0 unspecified atom stereocenters. The average molecular weight is 602 g/mol. The van der Waals surface area contributed by atoms with Gasteiger partial charge in [0, 0.05) is 42.6 Å². The zero-order chi connectivity index (χ0) is 30.1. The molecule has 222 valence electrons. The van der Waals surface area contributed by atoms with Crippen LogP contribution < -0.4 is 10.2 Å². The van der Waals surface area contributed by atoms with Gasteiger partial charge in [0.25, 0.3) is 5.91 Å². The van der Waals surface area contributed by atoms with Gasteiger partial charge in [-0.15, -0.1) is 21.5 Å². The fourth-order valence-corrected chi connectivity index (χ4v) is 6.64. The number of aryl methyl sites for hydroxylation is 1. The molecule has 5 heterocycles. The molecule has 0 bridgehead atoms. The minimum Gasteiger partial charge on any atom is -0.465 e. The first-order chi connectivity index (χ1) is 20.7. The quantitative estimate of drug-likeness (QED) is 0.292. The number of carbonyl (C=O) groups is 3. The third-order valence-electron chi connectivity index (χ3n) is 7.74. The molecule has 0 saturated carbocycles. The monoisotopic (exact) mass is 601 g/mol. The summed E-state index contributed by atoms with van der Waals surface area (Å²) in [5, 5.41) is 23.5. The third-order valence-corrected chi connectivity index (χ3v) is 8.81. The summed E-state index contributed by atoms with van der Waals surface area (Å²) in [5.41, 5.74) is 1.12. The molecule has 0 radical (unpaired) electrons. The number of anilines is 1. The Balaban J connectivity index is 1.37. The van der Waals surface area contributed by atoms with Crippen molar-refractivity contribution < 1.29 is 23.9 Å². The minimum atomic E-state index is -1.24. The van der Waals surface area contributed by atoms with Crippen LogP contribution in [-0.4, -0.2) is 61.2 Å². The van der Waals surface area contributed by atoms with Crippen LogP contribution in [0, 0.1) is 6.92 Å². The maximum Gasteiger partial charge on any atom is 0.405 e. The minimum absolute atomic E-state index is 0.0657. The Hall–Kier alpha value is -4.65. The van der Waals surface area contributed by atoms with Crippen molar-refractivity contribution in [1.29, 1.82) is 0 Å². The van der Waals surface area contributed by atoms with Gasteiger partial charge in [0.15, 0.2) is 0 Å². The number of nitrogens with zero attached hydrogens (tertiary/aromatic N) is 6. The molecule has 2 atom stereocenters. The number of hydrogen-bond donors (Lipinski definition) is 2. The molecule has 2 aliphatic heterocycles. The Morgan fingerprint density at radius 3 is 2.65 bits per heavy atom. The Labute approximate surface area is 251 Å². The molecule has 6 rings (SSSR count). The first-order valence-electron chi connectivity index (χ1n) is 14.1. The molecule has 2 saturated heterocycles. The topological polar surface area (TPSA) is 155 Å². The second kappa shape index (κ2) is 11.6. The van der Waals surface area contributed by atoms with Crippen molar-refractivity contribution in [1.82, 2.24) is 30.4 Å². The summed E-state index contributed by atoms with van der Waals surface area (Å²) in [6.45, 7) is 4.66. The maximum absolute atomic E-state index is 14.0.